The van der Waals surface area contributed by atoms with Gasteiger partial charge in [-0.2, -0.15) is 11.1 Å². The van der Waals surface area contributed by atoms with Crippen LogP contribution in [0.25, 0.3) is 0 Å². The van der Waals surface area contributed by atoms with Gasteiger partial charge >= 0.3 is 26.2 Å². The first-order valence-electron chi connectivity index (χ1n) is 6.19. The zero-order valence-electron chi connectivity index (χ0n) is 12.2. The molecule has 0 radical (unpaired) electrons. The third-order valence-electron chi connectivity index (χ3n) is 2.94. The summed E-state index contributed by atoms with van der Waals surface area (Å²) < 4.78 is 0. The second kappa shape index (κ2) is 13.4. The van der Waals surface area contributed by atoms with Gasteiger partial charge in [0, 0.05) is 0 Å². The van der Waals surface area contributed by atoms with E-state index in [9.17, 15) is 0 Å². The molecule has 0 atom stereocenters. The average molecular weight is 376 g/mol. The van der Waals surface area contributed by atoms with Crippen LogP contribution in [0.3, 0.4) is 0 Å². The Morgan fingerprint density at radius 2 is 1.16 bits per heavy atom. The summed E-state index contributed by atoms with van der Waals surface area (Å²) >= 11 is 0. The van der Waals surface area contributed by atoms with E-state index in [1.807, 2.05) is 0 Å². The minimum absolute atomic E-state index is 0. The van der Waals surface area contributed by atoms with Gasteiger partial charge in [-0.25, -0.2) is 23.3 Å². The third kappa shape index (κ3) is 9.88. The molecule has 2 aliphatic rings. The number of rotatable bonds is 2. The largest absolute Gasteiger partial charge is 4.00 e. The fourth-order valence-corrected chi connectivity index (χ4v) is 1.78. The van der Waals surface area contributed by atoms with Gasteiger partial charge in [0.2, 0.25) is 0 Å². The molecular formula is C16H22Cl2Zr. The third-order valence-corrected chi connectivity index (χ3v) is 2.94. The van der Waals surface area contributed by atoms with E-state index < -0.39 is 0 Å². The molecule has 0 aromatic rings. The van der Waals surface area contributed by atoms with Crippen LogP contribution in [0.2, 0.25) is 0 Å². The predicted molar refractivity (Wildman–Crippen MR) is 70.8 cm³/mol. The Labute approximate surface area is 150 Å². The fourth-order valence-electron chi connectivity index (χ4n) is 1.78. The summed E-state index contributed by atoms with van der Waals surface area (Å²) in [6.45, 7) is 8.57. The SMILES string of the molecule is CCC1=CC(C)=[C-]C1.CCC1=CC(C)=[C-]C1.[Cl-].[Cl-].[Zr+4]. The van der Waals surface area contributed by atoms with Gasteiger partial charge in [0.25, 0.3) is 0 Å². The van der Waals surface area contributed by atoms with Crippen molar-refractivity contribution in [3.63, 3.8) is 0 Å². The van der Waals surface area contributed by atoms with Crippen LogP contribution in [-0.4, -0.2) is 0 Å². The Balaban J connectivity index is -0.000000233. The molecule has 0 saturated heterocycles. The van der Waals surface area contributed by atoms with Crippen molar-refractivity contribution in [1.82, 2.24) is 0 Å². The van der Waals surface area contributed by atoms with E-state index in [4.69, 9.17) is 0 Å². The molecule has 0 unspecified atom stereocenters. The topological polar surface area (TPSA) is 0 Å². The van der Waals surface area contributed by atoms with Crippen molar-refractivity contribution in [2.24, 2.45) is 0 Å². The number of hydrogen-bond donors (Lipinski definition) is 0. The van der Waals surface area contributed by atoms with Gasteiger partial charge in [-0.15, -0.1) is 12.8 Å². The first kappa shape index (κ1) is 24.4. The van der Waals surface area contributed by atoms with E-state index in [1.54, 1.807) is 0 Å². The zero-order valence-corrected chi connectivity index (χ0v) is 16.2. The Morgan fingerprint density at radius 3 is 1.26 bits per heavy atom. The van der Waals surface area contributed by atoms with Gasteiger partial charge in [-0.1, -0.05) is 40.5 Å². The fraction of sp³-hybridized carbons (Fsp3) is 0.500. The molecule has 0 aliphatic heterocycles. The van der Waals surface area contributed by atoms with E-state index in [2.05, 4.69) is 52.0 Å². The van der Waals surface area contributed by atoms with Crippen LogP contribution in [-0.2, 0) is 26.2 Å². The maximum Gasteiger partial charge on any atom is 4.00 e. The van der Waals surface area contributed by atoms with Gasteiger partial charge in [0.15, 0.2) is 0 Å². The number of hydrogen-bond acceptors (Lipinski definition) is 0. The van der Waals surface area contributed by atoms with Crippen molar-refractivity contribution in [3.05, 3.63) is 46.6 Å². The minimum atomic E-state index is 0. The molecule has 104 valence electrons. The second-order valence-electron chi connectivity index (χ2n) is 4.39. The maximum atomic E-state index is 3.24. The van der Waals surface area contributed by atoms with Crippen LogP contribution >= 0.6 is 0 Å². The monoisotopic (exact) mass is 374 g/mol. The molecule has 0 aromatic heterocycles. The van der Waals surface area contributed by atoms with Gasteiger partial charge in [0.1, 0.15) is 0 Å². The average Bonchev–Trinajstić information content (AvgIpc) is 2.88. The van der Waals surface area contributed by atoms with E-state index in [-0.39, 0.29) is 51.0 Å². The van der Waals surface area contributed by atoms with Crippen LogP contribution in [0.5, 0.6) is 0 Å². The Bertz CT molecular complexity index is 327. The molecule has 0 saturated carbocycles. The molecule has 0 heterocycles. The molecule has 0 nitrogen and oxygen atoms in total. The van der Waals surface area contributed by atoms with E-state index in [0.717, 1.165) is 12.8 Å². The minimum Gasteiger partial charge on any atom is -1.00 e. The van der Waals surface area contributed by atoms with E-state index in [1.165, 1.54) is 35.1 Å². The molecule has 0 fully saturated rings. The molecule has 0 amide bonds. The summed E-state index contributed by atoms with van der Waals surface area (Å²) in [7, 11) is 0. The summed E-state index contributed by atoms with van der Waals surface area (Å²) in [4.78, 5) is 0. The van der Waals surface area contributed by atoms with Gasteiger partial charge < -0.3 is 24.8 Å². The van der Waals surface area contributed by atoms with Crippen molar-refractivity contribution in [1.29, 1.82) is 0 Å². The Kier molecular flexibility index (Phi) is 17.2. The number of halogens is 2. The Hall–Kier alpha value is 0.423. The summed E-state index contributed by atoms with van der Waals surface area (Å²) in [5.41, 5.74) is 5.65. The van der Waals surface area contributed by atoms with Crippen molar-refractivity contribution < 1.29 is 51.0 Å². The molecule has 0 spiro atoms. The van der Waals surface area contributed by atoms with Gasteiger partial charge in [-0.05, 0) is 0 Å². The van der Waals surface area contributed by atoms with Gasteiger partial charge in [-0.3, -0.25) is 12.2 Å². The van der Waals surface area contributed by atoms with Gasteiger partial charge in [0.05, 0.1) is 0 Å². The molecule has 2 rings (SSSR count). The quantitative estimate of drug-likeness (QED) is 0.540. The first-order valence-corrected chi connectivity index (χ1v) is 6.19. The van der Waals surface area contributed by atoms with Crippen molar-refractivity contribution >= 4 is 0 Å². The first-order chi connectivity index (χ1) is 7.65. The van der Waals surface area contributed by atoms with Crippen LogP contribution in [0, 0.1) is 12.2 Å². The summed E-state index contributed by atoms with van der Waals surface area (Å²) in [6, 6.07) is 0. The van der Waals surface area contributed by atoms with Crippen LogP contribution in [0.4, 0.5) is 0 Å². The van der Waals surface area contributed by atoms with Crippen LogP contribution in [0.15, 0.2) is 34.4 Å². The molecule has 2 aliphatic carbocycles. The van der Waals surface area contributed by atoms with Crippen LogP contribution in [0.1, 0.15) is 53.4 Å². The molecular weight excluding hydrogens is 354 g/mol. The smallest absolute Gasteiger partial charge is 1.00 e. The van der Waals surface area contributed by atoms with Crippen molar-refractivity contribution in [2.75, 3.05) is 0 Å². The van der Waals surface area contributed by atoms with E-state index >= 15 is 0 Å². The summed E-state index contributed by atoms with van der Waals surface area (Å²) in [5.74, 6) is 0. The Morgan fingerprint density at radius 1 is 0.842 bits per heavy atom. The van der Waals surface area contributed by atoms with Crippen molar-refractivity contribution in [3.8, 4) is 0 Å². The molecule has 0 bridgehead atoms. The maximum absolute atomic E-state index is 3.24. The molecule has 0 N–H and O–H groups in total. The second-order valence-corrected chi connectivity index (χ2v) is 4.39. The van der Waals surface area contributed by atoms with E-state index in [0.29, 0.717) is 0 Å². The molecule has 3 heteroatoms. The predicted octanol–water partition coefficient (Wildman–Crippen LogP) is -1.04. The number of allylic oxidation sites excluding steroid dienone is 8. The standard InChI is InChI=1S/2C8H11.2ClH.Zr/c2*1-3-8-5-4-7(2)6-8;;;/h2*6H,3,5H2,1-2H3;2*1H;/q2*-1;;;+4/p-2. The molecule has 0 aromatic carbocycles. The van der Waals surface area contributed by atoms with Crippen LogP contribution < -0.4 is 24.8 Å². The molecule has 19 heavy (non-hydrogen) atoms. The zero-order chi connectivity index (χ0) is 12.0. The van der Waals surface area contributed by atoms with Crippen molar-refractivity contribution in [2.45, 2.75) is 53.4 Å². The normalized spacial score (nSPS) is 15.4. The summed E-state index contributed by atoms with van der Waals surface area (Å²) in [5, 5.41) is 0. The summed E-state index contributed by atoms with van der Waals surface area (Å²) in [6.07, 6.45) is 15.4.